The molecule has 33 heavy (non-hydrogen) atoms. The number of thioether (sulfide) groups is 1. The second-order valence-electron chi connectivity index (χ2n) is 7.97. The van der Waals surface area contributed by atoms with Crippen LogP contribution in [0.25, 0.3) is 15.9 Å². The molecule has 1 aliphatic rings. The van der Waals surface area contributed by atoms with Crippen molar-refractivity contribution < 1.29 is 14.3 Å². The quantitative estimate of drug-likeness (QED) is 0.332. The summed E-state index contributed by atoms with van der Waals surface area (Å²) in [7, 11) is 1.55. The number of rotatable bonds is 5. The third kappa shape index (κ3) is 4.25. The molecular weight excluding hydrogens is 460 g/mol. The lowest BCUT2D eigenvalue weighted by Crippen LogP contribution is -2.42. The molecule has 2 amide bonds. The average Bonchev–Trinajstić information content (AvgIpc) is 3.41. The van der Waals surface area contributed by atoms with Gasteiger partial charge in [-0.15, -0.1) is 21.5 Å². The molecule has 0 fully saturated rings. The molecule has 5 rings (SSSR count). The number of aromatic nitrogens is 4. The number of nitrogens with zero attached hydrogens (tertiary/aromatic N) is 4. The highest BCUT2D eigenvalue weighted by Gasteiger charge is 2.24. The number of amides is 2. The van der Waals surface area contributed by atoms with Crippen molar-refractivity contribution in [3.05, 3.63) is 46.6 Å². The molecule has 0 saturated carbocycles. The second kappa shape index (κ2) is 8.99. The first-order chi connectivity index (χ1) is 16.0. The number of methoxy groups -OCH3 is 1. The van der Waals surface area contributed by atoms with Gasteiger partial charge in [-0.2, -0.15) is 0 Å². The maximum atomic E-state index is 12.3. The van der Waals surface area contributed by atoms with Crippen LogP contribution in [0.3, 0.4) is 0 Å². The first kappa shape index (κ1) is 21.7. The summed E-state index contributed by atoms with van der Waals surface area (Å²) >= 11 is 2.98. The number of hydrogen-bond donors (Lipinski definition) is 2. The summed E-state index contributed by atoms with van der Waals surface area (Å²) in [6.45, 7) is 2.28. The minimum atomic E-state index is -0.410. The molecule has 1 aliphatic carbocycles. The lowest BCUT2D eigenvalue weighted by atomic mass is 9.89. The zero-order valence-corrected chi connectivity index (χ0v) is 19.8. The molecule has 0 bridgehead atoms. The molecule has 0 aliphatic heterocycles. The molecule has 4 aromatic rings. The molecule has 11 heteroatoms. The van der Waals surface area contributed by atoms with Crippen molar-refractivity contribution in [1.82, 2.24) is 30.4 Å². The molecule has 0 spiro atoms. The molecule has 3 heterocycles. The van der Waals surface area contributed by atoms with Gasteiger partial charge in [0.15, 0.2) is 10.8 Å². The van der Waals surface area contributed by atoms with Crippen molar-refractivity contribution in [3.8, 4) is 5.75 Å². The molecule has 1 aromatic carbocycles. The number of carbonyl (C=O) groups excluding carboxylic acids is 2. The van der Waals surface area contributed by atoms with Gasteiger partial charge in [0, 0.05) is 10.4 Å². The Morgan fingerprint density at radius 3 is 2.85 bits per heavy atom. The number of fused-ring (bicyclic) bond motifs is 5. The van der Waals surface area contributed by atoms with Crippen LogP contribution in [0, 0.1) is 5.92 Å². The van der Waals surface area contributed by atoms with E-state index in [1.807, 2.05) is 4.40 Å². The number of ether oxygens (including phenoxy) is 1. The molecule has 3 aromatic heterocycles. The highest BCUT2D eigenvalue weighted by Crippen LogP contribution is 2.39. The fourth-order valence-electron chi connectivity index (χ4n) is 3.93. The van der Waals surface area contributed by atoms with Crippen LogP contribution in [0.1, 0.15) is 34.1 Å². The summed E-state index contributed by atoms with van der Waals surface area (Å²) in [6, 6.07) is 6.60. The van der Waals surface area contributed by atoms with E-state index in [9.17, 15) is 9.59 Å². The van der Waals surface area contributed by atoms with E-state index in [4.69, 9.17) is 4.74 Å². The smallest absolute Gasteiger partial charge is 0.269 e. The summed E-state index contributed by atoms with van der Waals surface area (Å²) in [5, 5.41) is 10.3. The summed E-state index contributed by atoms with van der Waals surface area (Å²) < 4.78 is 6.91. The van der Waals surface area contributed by atoms with Crippen LogP contribution in [-0.2, 0) is 17.6 Å². The summed E-state index contributed by atoms with van der Waals surface area (Å²) in [5.41, 5.74) is 7.38. The van der Waals surface area contributed by atoms with Crippen molar-refractivity contribution in [2.75, 3.05) is 12.9 Å². The highest BCUT2D eigenvalue weighted by molar-refractivity contribution is 7.99. The van der Waals surface area contributed by atoms with E-state index < -0.39 is 5.91 Å². The molecule has 9 nitrogen and oxygen atoms in total. The van der Waals surface area contributed by atoms with Crippen LogP contribution in [0.4, 0.5) is 0 Å². The zero-order valence-electron chi connectivity index (χ0n) is 18.1. The van der Waals surface area contributed by atoms with Crippen LogP contribution in [0.2, 0.25) is 0 Å². The first-order valence-corrected chi connectivity index (χ1v) is 12.3. The monoisotopic (exact) mass is 482 g/mol. The van der Waals surface area contributed by atoms with E-state index in [2.05, 4.69) is 33.0 Å². The van der Waals surface area contributed by atoms with Gasteiger partial charge < -0.3 is 4.74 Å². The van der Waals surface area contributed by atoms with Crippen molar-refractivity contribution in [2.24, 2.45) is 5.92 Å². The van der Waals surface area contributed by atoms with Crippen molar-refractivity contribution >= 4 is 50.8 Å². The van der Waals surface area contributed by atoms with Crippen molar-refractivity contribution in [3.63, 3.8) is 0 Å². The van der Waals surface area contributed by atoms with E-state index >= 15 is 0 Å². The molecule has 0 radical (unpaired) electrons. The molecule has 2 N–H and O–H groups in total. The van der Waals surface area contributed by atoms with E-state index in [-0.39, 0.29) is 11.7 Å². The SMILES string of the molecule is COc1ccc(C(=O)NNC(=O)CSc2nnc3c4c5c(sc4ncn23)C[C@H](C)CC5)cc1. The Balaban J connectivity index is 1.24. The topological polar surface area (TPSA) is 111 Å². The van der Waals surface area contributed by atoms with E-state index in [1.54, 1.807) is 49.0 Å². The number of hydrogen-bond acceptors (Lipinski definition) is 8. The lowest BCUT2D eigenvalue weighted by molar-refractivity contribution is -0.119. The normalized spacial score (nSPS) is 15.4. The number of hydrazine groups is 1. The van der Waals surface area contributed by atoms with Gasteiger partial charge in [0.1, 0.15) is 16.9 Å². The van der Waals surface area contributed by atoms with Crippen LogP contribution in [0.5, 0.6) is 5.75 Å². The van der Waals surface area contributed by atoms with Gasteiger partial charge in [0.25, 0.3) is 5.91 Å². The molecule has 0 saturated heterocycles. The van der Waals surface area contributed by atoms with Crippen LogP contribution in [-0.4, -0.2) is 44.3 Å². The average molecular weight is 483 g/mol. The maximum Gasteiger partial charge on any atom is 0.269 e. The number of nitrogens with one attached hydrogen (secondary N) is 2. The van der Waals surface area contributed by atoms with Crippen molar-refractivity contribution in [2.45, 2.75) is 31.3 Å². The summed E-state index contributed by atoms with van der Waals surface area (Å²) in [4.78, 5) is 31.5. The Morgan fingerprint density at radius 2 is 2.06 bits per heavy atom. The van der Waals surface area contributed by atoms with Gasteiger partial charge in [-0.25, -0.2) is 4.98 Å². The van der Waals surface area contributed by atoms with Gasteiger partial charge >= 0.3 is 0 Å². The van der Waals surface area contributed by atoms with Crippen LogP contribution >= 0.6 is 23.1 Å². The summed E-state index contributed by atoms with van der Waals surface area (Å²) in [5.74, 6) is 0.647. The predicted molar refractivity (Wildman–Crippen MR) is 127 cm³/mol. The fourth-order valence-corrected chi connectivity index (χ4v) is 5.97. The van der Waals surface area contributed by atoms with Gasteiger partial charge in [0.2, 0.25) is 5.91 Å². The summed E-state index contributed by atoms with van der Waals surface area (Å²) in [6.07, 6.45) is 5.00. The standard InChI is InChI=1S/C22H22N6O3S2/c1-12-3-8-15-16(9-12)33-21-18(15)19-25-27-22(28(19)11-23-21)32-10-17(29)24-26-20(30)13-4-6-14(31-2)7-5-13/h4-7,11-12H,3,8-10H2,1-2H3,(H,24,29)(H,26,30)/t12-/m1/s1. The first-order valence-electron chi connectivity index (χ1n) is 10.5. The largest absolute Gasteiger partial charge is 0.497 e. The molecule has 1 atom stereocenters. The molecule has 0 unspecified atom stereocenters. The van der Waals surface area contributed by atoms with Gasteiger partial charge in [0.05, 0.1) is 18.2 Å². The van der Waals surface area contributed by atoms with Gasteiger partial charge in [-0.1, -0.05) is 18.7 Å². The highest BCUT2D eigenvalue weighted by atomic mass is 32.2. The van der Waals surface area contributed by atoms with Gasteiger partial charge in [-0.3, -0.25) is 24.8 Å². The van der Waals surface area contributed by atoms with Crippen LogP contribution in [0.15, 0.2) is 35.7 Å². The second-order valence-corrected chi connectivity index (χ2v) is 10.00. The minimum Gasteiger partial charge on any atom is -0.497 e. The Bertz CT molecular complexity index is 1350. The zero-order chi connectivity index (χ0) is 22.9. The number of aryl methyl sites for hydroxylation is 1. The fraction of sp³-hybridized carbons (Fsp3) is 0.318. The number of carbonyl (C=O) groups is 2. The van der Waals surface area contributed by atoms with Gasteiger partial charge in [-0.05, 0) is 55.0 Å². The number of benzene rings is 1. The van der Waals surface area contributed by atoms with Crippen molar-refractivity contribution in [1.29, 1.82) is 0 Å². The van der Waals surface area contributed by atoms with E-state index in [0.717, 1.165) is 35.1 Å². The Morgan fingerprint density at radius 1 is 1.24 bits per heavy atom. The third-order valence-corrected chi connectivity index (χ3v) is 7.78. The Hall–Kier alpha value is -3.18. The lowest BCUT2D eigenvalue weighted by Gasteiger charge is -2.17. The van der Waals surface area contributed by atoms with Crippen LogP contribution < -0.4 is 15.6 Å². The Kier molecular flexibility index (Phi) is 5.90. The minimum absolute atomic E-state index is 0.0704. The number of thiophene rings is 1. The van der Waals surface area contributed by atoms with E-state index in [0.29, 0.717) is 22.4 Å². The maximum absolute atomic E-state index is 12.3. The van der Waals surface area contributed by atoms with E-state index in [1.165, 1.54) is 22.2 Å². The Labute approximate surface area is 197 Å². The molecular formula is C22H22N6O3S2. The predicted octanol–water partition coefficient (Wildman–Crippen LogP) is 3.03. The molecule has 170 valence electrons. The third-order valence-electron chi connectivity index (χ3n) is 5.67.